The van der Waals surface area contributed by atoms with Crippen LogP contribution in [0.15, 0.2) is 41.1 Å². The van der Waals surface area contributed by atoms with Gasteiger partial charge in [0.2, 0.25) is 5.78 Å². The van der Waals surface area contributed by atoms with Gasteiger partial charge in [-0.2, -0.15) is 0 Å². The zero-order valence-electron chi connectivity index (χ0n) is 8.85. The minimum atomic E-state index is -0.0562. The van der Waals surface area contributed by atoms with Crippen molar-refractivity contribution in [2.45, 2.75) is 13.5 Å². The highest BCUT2D eigenvalue weighted by Gasteiger charge is 2.16. The van der Waals surface area contributed by atoms with Crippen LogP contribution in [-0.4, -0.2) is 15.3 Å². The van der Waals surface area contributed by atoms with Crippen molar-refractivity contribution in [2.24, 2.45) is 0 Å². The van der Waals surface area contributed by atoms with Crippen molar-refractivity contribution >= 4 is 21.7 Å². The van der Waals surface area contributed by atoms with Crippen LogP contribution in [0.5, 0.6) is 0 Å². The Balaban J connectivity index is 2.44. The van der Waals surface area contributed by atoms with Gasteiger partial charge in [-0.1, -0.05) is 28.1 Å². The molecule has 0 amide bonds. The first-order valence-electron chi connectivity index (χ1n) is 5.04. The molecule has 0 atom stereocenters. The summed E-state index contributed by atoms with van der Waals surface area (Å²) < 4.78 is 2.63. The molecule has 0 aliphatic heterocycles. The molecule has 1 aromatic carbocycles. The van der Waals surface area contributed by atoms with Crippen LogP contribution in [-0.2, 0) is 6.54 Å². The number of halogens is 1. The van der Waals surface area contributed by atoms with Gasteiger partial charge in [0.25, 0.3) is 0 Å². The number of hydrogen-bond acceptors (Lipinski definition) is 2. The van der Waals surface area contributed by atoms with Crippen LogP contribution in [0, 0.1) is 0 Å². The normalized spacial score (nSPS) is 10.4. The number of imidazole rings is 1. The van der Waals surface area contributed by atoms with E-state index in [9.17, 15) is 4.79 Å². The summed E-state index contributed by atoms with van der Waals surface area (Å²) in [4.78, 5) is 16.3. The van der Waals surface area contributed by atoms with Crippen molar-refractivity contribution in [1.29, 1.82) is 0 Å². The van der Waals surface area contributed by atoms with Crippen molar-refractivity contribution < 1.29 is 4.79 Å². The third-order valence-electron chi connectivity index (χ3n) is 2.38. The third-order valence-corrected chi connectivity index (χ3v) is 3.07. The molecule has 0 N–H and O–H groups in total. The van der Waals surface area contributed by atoms with Crippen LogP contribution in [0.2, 0.25) is 0 Å². The smallest absolute Gasteiger partial charge is 0.229 e. The van der Waals surface area contributed by atoms with Crippen LogP contribution in [0.4, 0.5) is 0 Å². The fraction of sp³-hybridized carbons (Fsp3) is 0.167. The van der Waals surface area contributed by atoms with Gasteiger partial charge in [0.05, 0.1) is 0 Å². The van der Waals surface area contributed by atoms with E-state index in [1.54, 1.807) is 12.3 Å². The molecular formula is C12H11BrN2O. The van der Waals surface area contributed by atoms with E-state index in [0.717, 1.165) is 11.0 Å². The molecule has 1 heterocycles. The summed E-state index contributed by atoms with van der Waals surface area (Å²) in [6, 6.07) is 7.37. The summed E-state index contributed by atoms with van der Waals surface area (Å²) in [6.07, 6.45) is 3.46. The Hall–Kier alpha value is -1.42. The maximum Gasteiger partial charge on any atom is 0.229 e. The summed E-state index contributed by atoms with van der Waals surface area (Å²) >= 11 is 3.37. The molecule has 0 spiro atoms. The SMILES string of the molecule is CCn1ccnc1C(=O)c1ccccc1Br. The van der Waals surface area contributed by atoms with Crippen LogP contribution < -0.4 is 0 Å². The van der Waals surface area contributed by atoms with E-state index in [4.69, 9.17) is 0 Å². The maximum absolute atomic E-state index is 12.2. The summed E-state index contributed by atoms with van der Waals surface area (Å²) in [5.74, 6) is 0.425. The van der Waals surface area contributed by atoms with Crippen LogP contribution in [0.25, 0.3) is 0 Å². The predicted octanol–water partition coefficient (Wildman–Crippen LogP) is 2.90. The summed E-state index contributed by atoms with van der Waals surface area (Å²) in [6.45, 7) is 2.73. The average Bonchev–Trinajstić information content (AvgIpc) is 2.77. The van der Waals surface area contributed by atoms with Crippen molar-refractivity contribution in [3.05, 3.63) is 52.5 Å². The summed E-state index contributed by atoms with van der Waals surface area (Å²) in [5, 5.41) is 0. The number of benzene rings is 1. The van der Waals surface area contributed by atoms with Crippen LogP contribution >= 0.6 is 15.9 Å². The van der Waals surface area contributed by atoms with E-state index in [2.05, 4.69) is 20.9 Å². The number of aryl methyl sites for hydroxylation is 1. The lowest BCUT2D eigenvalue weighted by Gasteiger charge is -2.05. The Morgan fingerprint density at radius 3 is 2.88 bits per heavy atom. The molecule has 82 valence electrons. The fourth-order valence-corrected chi connectivity index (χ4v) is 2.00. The van der Waals surface area contributed by atoms with Crippen molar-refractivity contribution in [1.82, 2.24) is 9.55 Å². The molecule has 0 bridgehead atoms. The Morgan fingerprint density at radius 1 is 1.44 bits per heavy atom. The number of nitrogens with zero attached hydrogens (tertiary/aromatic N) is 2. The van der Waals surface area contributed by atoms with Gasteiger partial charge in [-0.3, -0.25) is 4.79 Å². The Labute approximate surface area is 102 Å². The van der Waals surface area contributed by atoms with Crippen molar-refractivity contribution in [2.75, 3.05) is 0 Å². The standard InChI is InChI=1S/C12H11BrN2O/c1-2-15-8-7-14-12(15)11(16)9-5-3-4-6-10(9)13/h3-8H,2H2,1H3. The monoisotopic (exact) mass is 278 g/mol. The number of aromatic nitrogens is 2. The largest absolute Gasteiger partial charge is 0.328 e. The highest BCUT2D eigenvalue weighted by atomic mass is 79.9. The molecule has 0 saturated heterocycles. The molecule has 16 heavy (non-hydrogen) atoms. The first kappa shape index (κ1) is 11.1. The molecule has 0 aliphatic rings. The Bertz CT molecular complexity index is 519. The van der Waals surface area contributed by atoms with E-state index in [0.29, 0.717) is 11.4 Å². The first-order chi connectivity index (χ1) is 7.74. The quantitative estimate of drug-likeness (QED) is 0.810. The Kier molecular flexibility index (Phi) is 3.19. The van der Waals surface area contributed by atoms with Crippen molar-refractivity contribution in [3.63, 3.8) is 0 Å². The van der Waals surface area contributed by atoms with E-state index in [1.165, 1.54) is 0 Å². The zero-order chi connectivity index (χ0) is 11.5. The average molecular weight is 279 g/mol. The number of carbonyl (C=O) groups is 1. The van der Waals surface area contributed by atoms with Crippen LogP contribution in [0.1, 0.15) is 23.1 Å². The lowest BCUT2D eigenvalue weighted by molar-refractivity contribution is 0.102. The zero-order valence-corrected chi connectivity index (χ0v) is 10.4. The molecule has 2 aromatic rings. The molecule has 0 unspecified atom stereocenters. The predicted molar refractivity (Wildman–Crippen MR) is 65.5 cm³/mol. The molecule has 0 fully saturated rings. The molecule has 4 heteroatoms. The molecule has 0 aliphatic carbocycles. The van der Waals surface area contributed by atoms with E-state index in [-0.39, 0.29) is 5.78 Å². The highest BCUT2D eigenvalue weighted by Crippen LogP contribution is 2.18. The van der Waals surface area contributed by atoms with E-state index in [1.807, 2.05) is 35.9 Å². The molecule has 0 radical (unpaired) electrons. The van der Waals surface area contributed by atoms with Gasteiger partial charge in [0.1, 0.15) is 0 Å². The molecule has 1 aromatic heterocycles. The molecule has 2 rings (SSSR count). The minimum Gasteiger partial charge on any atom is -0.328 e. The van der Waals surface area contributed by atoms with Gasteiger partial charge < -0.3 is 4.57 Å². The van der Waals surface area contributed by atoms with Gasteiger partial charge in [-0.05, 0) is 19.1 Å². The number of rotatable bonds is 3. The highest BCUT2D eigenvalue weighted by molar-refractivity contribution is 9.10. The van der Waals surface area contributed by atoms with Gasteiger partial charge in [-0.15, -0.1) is 0 Å². The molecular weight excluding hydrogens is 268 g/mol. The van der Waals surface area contributed by atoms with Gasteiger partial charge in [0, 0.05) is 29.0 Å². The molecule has 3 nitrogen and oxygen atoms in total. The maximum atomic E-state index is 12.2. The Morgan fingerprint density at radius 2 is 2.19 bits per heavy atom. The number of ketones is 1. The first-order valence-corrected chi connectivity index (χ1v) is 5.83. The van der Waals surface area contributed by atoms with Crippen LogP contribution in [0.3, 0.4) is 0 Å². The van der Waals surface area contributed by atoms with Gasteiger partial charge in [0.15, 0.2) is 5.82 Å². The van der Waals surface area contributed by atoms with Gasteiger partial charge >= 0.3 is 0 Å². The van der Waals surface area contributed by atoms with E-state index >= 15 is 0 Å². The summed E-state index contributed by atoms with van der Waals surface area (Å²) in [5.41, 5.74) is 0.642. The third kappa shape index (κ3) is 1.93. The van der Waals surface area contributed by atoms with E-state index < -0.39 is 0 Å². The lowest BCUT2D eigenvalue weighted by Crippen LogP contribution is -2.10. The van der Waals surface area contributed by atoms with Crippen molar-refractivity contribution in [3.8, 4) is 0 Å². The topological polar surface area (TPSA) is 34.9 Å². The lowest BCUT2D eigenvalue weighted by atomic mass is 10.1. The second-order valence-corrected chi connectivity index (χ2v) is 4.20. The minimum absolute atomic E-state index is 0.0562. The second-order valence-electron chi connectivity index (χ2n) is 3.35. The fourth-order valence-electron chi connectivity index (χ4n) is 1.54. The molecule has 0 saturated carbocycles. The summed E-state index contributed by atoms with van der Waals surface area (Å²) in [7, 11) is 0. The van der Waals surface area contributed by atoms with Gasteiger partial charge in [-0.25, -0.2) is 4.98 Å². The number of carbonyl (C=O) groups excluding carboxylic acids is 1. The second kappa shape index (κ2) is 4.61. The number of hydrogen-bond donors (Lipinski definition) is 0.